The van der Waals surface area contributed by atoms with E-state index in [2.05, 4.69) is 15.4 Å². The van der Waals surface area contributed by atoms with Crippen molar-refractivity contribution in [3.63, 3.8) is 0 Å². The molecule has 0 saturated carbocycles. The Morgan fingerprint density at radius 2 is 2.16 bits per heavy atom. The van der Waals surface area contributed by atoms with Crippen molar-refractivity contribution >= 4 is 17.5 Å². The molecule has 1 atom stereocenters. The van der Waals surface area contributed by atoms with Gasteiger partial charge in [0.2, 0.25) is 0 Å². The molecule has 3 aromatic heterocycles. The zero-order chi connectivity index (χ0) is 17.8. The van der Waals surface area contributed by atoms with Gasteiger partial charge in [0.1, 0.15) is 10.8 Å². The molecule has 8 heteroatoms. The summed E-state index contributed by atoms with van der Waals surface area (Å²) >= 11 is 5.70. The monoisotopic (exact) mass is 358 g/mol. The van der Waals surface area contributed by atoms with E-state index < -0.39 is 0 Å². The molecule has 3 heterocycles. The maximum absolute atomic E-state index is 12.1. The highest BCUT2D eigenvalue weighted by Crippen LogP contribution is 2.16. The molecule has 0 aromatic carbocycles. The number of amides is 1. The third-order valence-corrected chi connectivity index (χ3v) is 3.79. The van der Waals surface area contributed by atoms with Crippen molar-refractivity contribution in [2.24, 2.45) is 0 Å². The van der Waals surface area contributed by atoms with Crippen LogP contribution in [0.1, 0.15) is 23.3 Å². The lowest BCUT2D eigenvalue weighted by atomic mass is 10.2. The maximum atomic E-state index is 12.1. The molecule has 0 aliphatic carbocycles. The van der Waals surface area contributed by atoms with Gasteiger partial charge in [0, 0.05) is 18.8 Å². The molecule has 1 amide bonds. The molecule has 7 nitrogen and oxygen atoms in total. The minimum absolute atomic E-state index is 0.232. The summed E-state index contributed by atoms with van der Waals surface area (Å²) in [5.41, 5.74) is 0.677. The second kappa shape index (κ2) is 7.31. The smallest absolute Gasteiger partial charge is 0.267 e. The Bertz CT molecular complexity index is 920. The fraction of sp³-hybridized carbons (Fsp3) is 0.176. The van der Waals surface area contributed by atoms with Crippen LogP contribution in [-0.4, -0.2) is 27.2 Å². The van der Waals surface area contributed by atoms with Crippen molar-refractivity contribution in [2.75, 3.05) is 6.54 Å². The average molecular weight is 359 g/mol. The molecule has 0 aliphatic heterocycles. The van der Waals surface area contributed by atoms with Crippen LogP contribution in [0, 0.1) is 0 Å². The molecule has 0 fully saturated rings. The molecule has 1 N–H and O–H groups in total. The summed E-state index contributed by atoms with van der Waals surface area (Å²) in [6, 6.07) is 9.31. The SMILES string of the molecule is CC(CNC(=O)c1ccc(Cl)nc1)n1nc(-c2ccco2)ccc1=O. The minimum Gasteiger partial charge on any atom is -0.463 e. The van der Waals surface area contributed by atoms with E-state index in [1.807, 2.05) is 0 Å². The number of hydrogen-bond acceptors (Lipinski definition) is 5. The maximum Gasteiger partial charge on any atom is 0.267 e. The summed E-state index contributed by atoms with van der Waals surface area (Å²) in [5, 5.41) is 7.37. The highest BCUT2D eigenvalue weighted by atomic mass is 35.5. The van der Waals surface area contributed by atoms with Gasteiger partial charge in [-0.2, -0.15) is 5.10 Å². The topological polar surface area (TPSA) is 90.0 Å². The van der Waals surface area contributed by atoms with E-state index in [4.69, 9.17) is 16.0 Å². The second-order valence-electron chi connectivity index (χ2n) is 5.41. The fourth-order valence-corrected chi connectivity index (χ4v) is 2.35. The van der Waals surface area contributed by atoms with Crippen LogP contribution in [0.25, 0.3) is 11.5 Å². The Balaban J connectivity index is 1.71. The molecule has 0 spiro atoms. The van der Waals surface area contributed by atoms with Gasteiger partial charge in [0.05, 0.1) is 17.9 Å². The van der Waals surface area contributed by atoms with Gasteiger partial charge in [0.15, 0.2) is 5.76 Å². The predicted octanol–water partition coefficient (Wildman–Crippen LogP) is 2.54. The zero-order valence-corrected chi connectivity index (χ0v) is 14.1. The van der Waals surface area contributed by atoms with Gasteiger partial charge < -0.3 is 9.73 Å². The lowest BCUT2D eigenvalue weighted by molar-refractivity contribution is 0.0947. The Hall–Kier alpha value is -2.93. The molecule has 0 radical (unpaired) electrons. The van der Waals surface area contributed by atoms with Crippen LogP contribution < -0.4 is 10.9 Å². The predicted molar refractivity (Wildman–Crippen MR) is 92.5 cm³/mol. The van der Waals surface area contributed by atoms with Crippen molar-refractivity contribution in [1.29, 1.82) is 0 Å². The second-order valence-corrected chi connectivity index (χ2v) is 5.79. The normalized spacial score (nSPS) is 11.9. The Kier molecular flexibility index (Phi) is 4.95. The van der Waals surface area contributed by atoms with E-state index in [1.54, 1.807) is 37.3 Å². The Morgan fingerprint density at radius 3 is 2.84 bits per heavy atom. The number of hydrogen-bond donors (Lipinski definition) is 1. The Morgan fingerprint density at radius 1 is 1.32 bits per heavy atom. The summed E-state index contributed by atoms with van der Waals surface area (Å²) in [5.74, 6) is 0.267. The van der Waals surface area contributed by atoms with Gasteiger partial charge in [-0.15, -0.1) is 0 Å². The van der Waals surface area contributed by atoms with Gasteiger partial charge in [-0.05, 0) is 37.3 Å². The molecule has 3 rings (SSSR count). The fourth-order valence-electron chi connectivity index (χ4n) is 2.24. The van der Waals surface area contributed by atoms with Crippen molar-refractivity contribution in [3.05, 3.63) is 69.9 Å². The molecule has 0 saturated heterocycles. The highest BCUT2D eigenvalue weighted by Gasteiger charge is 2.13. The van der Waals surface area contributed by atoms with E-state index in [-0.39, 0.29) is 24.1 Å². The van der Waals surface area contributed by atoms with Crippen molar-refractivity contribution in [2.45, 2.75) is 13.0 Å². The molecular weight excluding hydrogens is 344 g/mol. The van der Waals surface area contributed by atoms with Crippen LogP contribution in [-0.2, 0) is 0 Å². The summed E-state index contributed by atoms with van der Waals surface area (Å²) in [4.78, 5) is 28.0. The molecule has 1 unspecified atom stereocenters. The lowest BCUT2D eigenvalue weighted by Gasteiger charge is -2.15. The number of carbonyl (C=O) groups is 1. The largest absolute Gasteiger partial charge is 0.463 e. The third-order valence-electron chi connectivity index (χ3n) is 3.56. The number of furan rings is 1. The highest BCUT2D eigenvalue weighted by molar-refractivity contribution is 6.29. The standard InChI is InChI=1S/C17H15ClN4O3/c1-11(9-20-17(24)12-4-6-15(18)19-10-12)22-16(23)7-5-13(21-22)14-3-2-8-25-14/h2-8,10-11H,9H2,1H3,(H,20,24). The average Bonchev–Trinajstić information content (AvgIpc) is 3.15. The van der Waals surface area contributed by atoms with E-state index in [9.17, 15) is 9.59 Å². The van der Waals surface area contributed by atoms with E-state index in [1.165, 1.54) is 23.2 Å². The zero-order valence-electron chi connectivity index (χ0n) is 13.3. The first kappa shape index (κ1) is 16.9. The summed E-state index contributed by atoms with van der Waals surface area (Å²) in [6.07, 6.45) is 2.93. The number of halogens is 1. The molecule has 0 bridgehead atoms. The van der Waals surface area contributed by atoms with Gasteiger partial charge in [-0.3, -0.25) is 9.59 Å². The van der Waals surface area contributed by atoms with Crippen LogP contribution in [0.3, 0.4) is 0 Å². The number of pyridine rings is 1. The van der Waals surface area contributed by atoms with Gasteiger partial charge in [-0.1, -0.05) is 11.6 Å². The van der Waals surface area contributed by atoms with Gasteiger partial charge in [0.25, 0.3) is 11.5 Å². The number of nitrogens with zero attached hydrogens (tertiary/aromatic N) is 3. The molecule has 0 aliphatic rings. The first-order valence-electron chi connectivity index (χ1n) is 7.58. The molecular formula is C17H15ClN4O3. The Labute approximate surface area is 148 Å². The van der Waals surface area contributed by atoms with Crippen molar-refractivity contribution in [3.8, 4) is 11.5 Å². The van der Waals surface area contributed by atoms with Crippen molar-refractivity contribution in [1.82, 2.24) is 20.1 Å². The minimum atomic E-state index is -0.341. The number of aromatic nitrogens is 3. The first-order valence-corrected chi connectivity index (χ1v) is 7.96. The lowest BCUT2D eigenvalue weighted by Crippen LogP contribution is -2.34. The molecule has 25 heavy (non-hydrogen) atoms. The van der Waals surface area contributed by atoms with Crippen LogP contribution in [0.4, 0.5) is 0 Å². The van der Waals surface area contributed by atoms with Crippen LogP contribution in [0.15, 0.2) is 58.1 Å². The van der Waals surface area contributed by atoms with E-state index in [0.717, 1.165) is 0 Å². The number of nitrogens with one attached hydrogen (secondary N) is 1. The number of rotatable bonds is 5. The van der Waals surface area contributed by atoms with Gasteiger partial charge in [-0.25, -0.2) is 9.67 Å². The van der Waals surface area contributed by atoms with Crippen LogP contribution in [0.5, 0.6) is 0 Å². The number of carbonyl (C=O) groups excluding carboxylic acids is 1. The molecule has 128 valence electrons. The van der Waals surface area contributed by atoms with E-state index in [0.29, 0.717) is 22.2 Å². The van der Waals surface area contributed by atoms with Crippen LogP contribution in [0.2, 0.25) is 5.15 Å². The van der Waals surface area contributed by atoms with E-state index >= 15 is 0 Å². The van der Waals surface area contributed by atoms with Gasteiger partial charge >= 0.3 is 0 Å². The van der Waals surface area contributed by atoms with Crippen LogP contribution >= 0.6 is 11.6 Å². The summed E-state index contributed by atoms with van der Waals surface area (Å²) < 4.78 is 6.61. The van der Waals surface area contributed by atoms with Crippen molar-refractivity contribution < 1.29 is 9.21 Å². The quantitative estimate of drug-likeness (QED) is 0.708. The first-order chi connectivity index (χ1) is 12.0. The summed E-state index contributed by atoms with van der Waals surface area (Å²) in [6.45, 7) is 2.02. The molecule has 3 aromatic rings. The third kappa shape index (κ3) is 3.95. The summed E-state index contributed by atoms with van der Waals surface area (Å²) in [7, 11) is 0.